The van der Waals surface area contributed by atoms with Crippen LogP contribution < -0.4 is 10.5 Å². The van der Waals surface area contributed by atoms with Crippen molar-refractivity contribution in [2.75, 3.05) is 18.1 Å². The van der Waals surface area contributed by atoms with Gasteiger partial charge in [-0.25, -0.2) is 0 Å². The molecule has 0 spiro atoms. The van der Waals surface area contributed by atoms with Crippen molar-refractivity contribution in [1.29, 1.82) is 0 Å². The highest BCUT2D eigenvalue weighted by Gasteiger charge is 2.07. The van der Waals surface area contributed by atoms with Gasteiger partial charge < -0.3 is 10.5 Å². The van der Waals surface area contributed by atoms with Crippen molar-refractivity contribution in [2.24, 2.45) is 11.7 Å². The van der Waals surface area contributed by atoms with E-state index in [1.165, 1.54) is 5.75 Å². The van der Waals surface area contributed by atoms with Crippen LogP contribution in [0.2, 0.25) is 0 Å². The molecular weight excluding hydrogens is 230 g/mol. The van der Waals surface area contributed by atoms with Gasteiger partial charge in [0, 0.05) is 11.8 Å². The van der Waals surface area contributed by atoms with Gasteiger partial charge in [-0.05, 0) is 36.3 Å². The first kappa shape index (κ1) is 14.4. The van der Waals surface area contributed by atoms with Crippen molar-refractivity contribution in [3.63, 3.8) is 0 Å². The molecule has 0 saturated carbocycles. The van der Waals surface area contributed by atoms with Crippen LogP contribution in [-0.2, 0) is 0 Å². The first-order valence-corrected chi connectivity index (χ1v) is 7.35. The van der Waals surface area contributed by atoms with Gasteiger partial charge in [0.1, 0.15) is 5.75 Å². The SMILES string of the molecule is CCOc1cccc(C(N)CSCC(C)C)c1. The zero-order chi connectivity index (χ0) is 12.7. The van der Waals surface area contributed by atoms with Crippen molar-refractivity contribution >= 4 is 11.8 Å². The molecule has 0 radical (unpaired) electrons. The van der Waals surface area contributed by atoms with Crippen molar-refractivity contribution in [1.82, 2.24) is 0 Å². The van der Waals surface area contributed by atoms with Crippen molar-refractivity contribution in [3.8, 4) is 5.75 Å². The van der Waals surface area contributed by atoms with E-state index < -0.39 is 0 Å². The monoisotopic (exact) mass is 253 g/mol. The predicted octanol–water partition coefficient (Wildman–Crippen LogP) is 3.47. The van der Waals surface area contributed by atoms with Crippen molar-refractivity contribution in [3.05, 3.63) is 29.8 Å². The zero-order valence-corrected chi connectivity index (χ0v) is 11.8. The maximum absolute atomic E-state index is 6.17. The third-order valence-corrected chi connectivity index (χ3v) is 3.84. The van der Waals surface area contributed by atoms with E-state index >= 15 is 0 Å². The van der Waals surface area contributed by atoms with E-state index in [0.717, 1.165) is 23.0 Å². The third kappa shape index (κ3) is 5.46. The molecule has 1 aromatic carbocycles. The number of benzene rings is 1. The zero-order valence-electron chi connectivity index (χ0n) is 11.0. The van der Waals surface area contributed by atoms with Crippen LogP contribution in [0.4, 0.5) is 0 Å². The molecule has 1 aromatic rings. The number of thioether (sulfide) groups is 1. The molecule has 96 valence electrons. The van der Waals surface area contributed by atoms with Crippen molar-refractivity contribution < 1.29 is 4.74 Å². The molecule has 0 aliphatic rings. The van der Waals surface area contributed by atoms with Gasteiger partial charge in [0.15, 0.2) is 0 Å². The fraction of sp³-hybridized carbons (Fsp3) is 0.571. The van der Waals surface area contributed by atoms with Crippen LogP contribution in [-0.4, -0.2) is 18.1 Å². The fourth-order valence-electron chi connectivity index (χ4n) is 1.53. The summed E-state index contributed by atoms with van der Waals surface area (Å²) >= 11 is 1.92. The molecular formula is C14H23NOS. The Morgan fingerprint density at radius 2 is 2.06 bits per heavy atom. The summed E-state index contributed by atoms with van der Waals surface area (Å²) in [7, 11) is 0. The molecule has 0 heterocycles. The van der Waals surface area contributed by atoms with Crippen LogP contribution in [0.1, 0.15) is 32.4 Å². The Balaban J connectivity index is 2.50. The normalized spacial score (nSPS) is 12.8. The molecule has 0 saturated heterocycles. The summed E-state index contributed by atoms with van der Waals surface area (Å²) in [5.74, 6) is 3.77. The van der Waals surface area contributed by atoms with E-state index in [-0.39, 0.29) is 6.04 Å². The minimum absolute atomic E-state index is 0.0964. The lowest BCUT2D eigenvalue weighted by Crippen LogP contribution is -2.14. The molecule has 0 amide bonds. The molecule has 0 aliphatic carbocycles. The van der Waals surface area contributed by atoms with Gasteiger partial charge in [-0.2, -0.15) is 11.8 Å². The van der Waals surface area contributed by atoms with Crippen LogP contribution in [0.5, 0.6) is 5.75 Å². The highest BCUT2D eigenvalue weighted by Crippen LogP contribution is 2.21. The van der Waals surface area contributed by atoms with Crippen LogP contribution in [0.15, 0.2) is 24.3 Å². The van der Waals surface area contributed by atoms with Gasteiger partial charge >= 0.3 is 0 Å². The van der Waals surface area contributed by atoms with Gasteiger partial charge in [0.25, 0.3) is 0 Å². The van der Waals surface area contributed by atoms with Gasteiger partial charge in [0.2, 0.25) is 0 Å². The van der Waals surface area contributed by atoms with Gasteiger partial charge in [-0.15, -0.1) is 0 Å². The van der Waals surface area contributed by atoms with E-state index in [4.69, 9.17) is 10.5 Å². The maximum Gasteiger partial charge on any atom is 0.119 e. The van der Waals surface area contributed by atoms with Crippen LogP contribution in [0, 0.1) is 5.92 Å². The van der Waals surface area contributed by atoms with E-state index in [1.54, 1.807) is 0 Å². The molecule has 1 atom stereocenters. The summed E-state index contributed by atoms with van der Waals surface area (Å²) in [5.41, 5.74) is 7.33. The number of ether oxygens (including phenoxy) is 1. The fourth-order valence-corrected chi connectivity index (χ4v) is 2.58. The molecule has 1 rings (SSSR count). The van der Waals surface area contributed by atoms with E-state index in [2.05, 4.69) is 19.9 Å². The standard InChI is InChI=1S/C14H23NOS/c1-4-16-13-7-5-6-12(8-13)14(15)10-17-9-11(2)3/h5-8,11,14H,4,9-10,15H2,1-3H3. The summed E-state index contributed by atoms with van der Waals surface area (Å²) in [5, 5.41) is 0. The lowest BCUT2D eigenvalue weighted by molar-refractivity contribution is 0.339. The summed E-state index contributed by atoms with van der Waals surface area (Å²) in [6, 6.07) is 8.20. The van der Waals surface area contributed by atoms with Crippen LogP contribution >= 0.6 is 11.8 Å². The summed E-state index contributed by atoms with van der Waals surface area (Å²) in [4.78, 5) is 0. The highest BCUT2D eigenvalue weighted by molar-refractivity contribution is 7.99. The Labute approximate surface area is 109 Å². The number of hydrogen-bond acceptors (Lipinski definition) is 3. The second kappa shape index (κ2) is 7.62. The van der Waals surface area contributed by atoms with Gasteiger partial charge in [0.05, 0.1) is 6.61 Å². The third-order valence-electron chi connectivity index (χ3n) is 2.35. The lowest BCUT2D eigenvalue weighted by Gasteiger charge is -2.14. The smallest absolute Gasteiger partial charge is 0.119 e. The number of hydrogen-bond donors (Lipinski definition) is 1. The molecule has 3 heteroatoms. The summed E-state index contributed by atoms with van der Waals surface area (Å²) in [6.07, 6.45) is 0. The second-order valence-corrected chi connectivity index (χ2v) is 5.62. The minimum atomic E-state index is 0.0964. The molecule has 1 unspecified atom stereocenters. The van der Waals surface area contributed by atoms with Gasteiger partial charge in [-0.1, -0.05) is 26.0 Å². The van der Waals surface area contributed by atoms with E-state index in [9.17, 15) is 0 Å². The Morgan fingerprint density at radius 1 is 1.29 bits per heavy atom. The average molecular weight is 253 g/mol. The Hall–Kier alpha value is -0.670. The number of rotatable bonds is 7. The van der Waals surface area contributed by atoms with Crippen LogP contribution in [0.25, 0.3) is 0 Å². The summed E-state index contributed by atoms with van der Waals surface area (Å²) in [6.45, 7) is 7.15. The Morgan fingerprint density at radius 3 is 2.71 bits per heavy atom. The predicted molar refractivity (Wildman–Crippen MR) is 76.7 cm³/mol. The molecule has 0 aliphatic heterocycles. The second-order valence-electron chi connectivity index (χ2n) is 4.54. The molecule has 2 N–H and O–H groups in total. The lowest BCUT2D eigenvalue weighted by atomic mass is 10.1. The first-order valence-electron chi connectivity index (χ1n) is 6.19. The van der Waals surface area contributed by atoms with Crippen LogP contribution in [0.3, 0.4) is 0 Å². The Kier molecular flexibility index (Phi) is 6.45. The highest BCUT2D eigenvalue weighted by atomic mass is 32.2. The largest absolute Gasteiger partial charge is 0.494 e. The summed E-state index contributed by atoms with van der Waals surface area (Å²) < 4.78 is 5.48. The quantitative estimate of drug-likeness (QED) is 0.808. The molecule has 0 fully saturated rings. The average Bonchev–Trinajstić information content (AvgIpc) is 2.29. The molecule has 0 bridgehead atoms. The topological polar surface area (TPSA) is 35.2 Å². The molecule has 17 heavy (non-hydrogen) atoms. The Bertz CT molecular complexity index is 328. The maximum atomic E-state index is 6.17. The number of nitrogens with two attached hydrogens (primary N) is 1. The first-order chi connectivity index (χ1) is 8.13. The minimum Gasteiger partial charge on any atom is -0.494 e. The van der Waals surface area contributed by atoms with E-state index in [1.807, 2.05) is 36.9 Å². The molecule has 2 nitrogen and oxygen atoms in total. The van der Waals surface area contributed by atoms with Gasteiger partial charge in [-0.3, -0.25) is 0 Å². The molecule has 0 aromatic heterocycles. The van der Waals surface area contributed by atoms with E-state index in [0.29, 0.717) is 6.61 Å². The van der Waals surface area contributed by atoms with Crippen molar-refractivity contribution in [2.45, 2.75) is 26.8 Å².